The molecule has 1 aliphatic rings. The predicted molar refractivity (Wildman–Crippen MR) is 176 cm³/mol. The molecule has 3 N–H and O–H groups in total. The number of carbonyl (C=O) groups is 3. The number of nitrogens with zero attached hydrogens (tertiary/aromatic N) is 4. The van der Waals surface area contributed by atoms with Gasteiger partial charge in [-0.25, -0.2) is 9.48 Å². The van der Waals surface area contributed by atoms with Crippen molar-refractivity contribution >= 4 is 17.9 Å². The molecule has 2 atom stereocenters. The third-order valence-electron chi connectivity index (χ3n) is 8.42. The summed E-state index contributed by atoms with van der Waals surface area (Å²) in [5.74, 6) is -0.935. The smallest absolute Gasteiger partial charge is 0.407 e. The number of amides is 3. The van der Waals surface area contributed by atoms with Crippen molar-refractivity contribution in [2.24, 2.45) is 5.41 Å². The van der Waals surface area contributed by atoms with Gasteiger partial charge in [0.15, 0.2) is 0 Å². The van der Waals surface area contributed by atoms with E-state index in [0.717, 1.165) is 16.7 Å². The van der Waals surface area contributed by atoms with Crippen LogP contribution in [-0.2, 0) is 11.3 Å². The Bertz CT molecular complexity index is 1650. The van der Waals surface area contributed by atoms with E-state index in [1.54, 1.807) is 4.90 Å². The number of piperazine rings is 1. The molecule has 4 aromatic rings. The Morgan fingerprint density at radius 2 is 1.48 bits per heavy atom. The highest BCUT2D eigenvalue weighted by molar-refractivity contribution is 6.03. The molecule has 1 aliphatic heterocycles. The van der Waals surface area contributed by atoms with Gasteiger partial charge in [-0.15, -0.1) is 0 Å². The van der Waals surface area contributed by atoms with Crippen molar-refractivity contribution in [1.82, 2.24) is 24.9 Å². The standard InChI is InChI=1S/C36H41N5O5/c1-36(2,3)31(26-15-9-5-10-16-26)28-23-39(35(45)46)20-21-40(28)34(44)33-30(25-13-7-4-8-14-25)32(27-17-11-6-12-18-27)38-41(33)24-29(43)37-19-22-42/h4-18,28,31,42H,19-24H2,1-3H3,(H,37,43)(H,45,46)/t28-,31?/m0/s1. The van der Waals surface area contributed by atoms with Gasteiger partial charge >= 0.3 is 6.09 Å². The Hall–Kier alpha value is -4.96. The first-order valence-corrected chi connectivity index (χ1v) is 15.5. The van der Waals surface area contributed by atoms with Crippen LogP contribution in [-0.4, -0.2) is 86.5 Å². The summed E-state index contributed by atoms with van der Waals surface area (Å²) in [5, 5.41) is 26.9. The first-order chi connectivity index (χ1) is 22.1. The molecule has 3 aromatic carbocycles. The summed E-state index contributed by atoms with van der Waals surface area (Å²) in [6.45, 7) is 6.38. The van der Waals surface area contributed by atoms with E-state index in [2.05, 4.69) is 26.1 Å². The lowest BCUT2D eigenvalue weighted by Crippen LogP contribution is -2.60. The number of aliphatic hydroxyl groups is 1. The Labute approximate surface area is 269 Å². The topological polar surface area (TPSA) is 128 Å². The van der Waals surface area contributed by atoms with Crippen LogP contribution >= 0.6 is 0 Å². The second-order valence-electron chi connectivity index (χ2n) is 12.6. The van der Waals surface area contributed by atoms with Crippen molar-refractivity contribution in [3.05, 3.63) is 102 Å². The Kier molecular flexibility index (Phi) is 9.87. The van der Waals surface area contributed by atoms with E-state index in [4.69, 9.17) is 5.10 Å². The van der Waals surface area contributed by atoms with Gasteiger partial charge in [-0.1, -0.05) is 112 Å². The molecule has 5 rings (SSSR count). The molecule has 0 aliphatic carbocycles. The zero-order chi connectivity index (χ0) is 32.8. The number of aromatic nitrogens is 2. The summed E-state index contributed by atoms with van der Waals surface area (Å²) in [7, 11) is 0. The summed E-state index contributed by atoms with van der Waals surface area (Å²) in [5.41, 5.74) is 3.62. The largest absolute Gasteiger partial charge is 0.465 e. The van der Waals surface area contributed by atoms with Gasteiger partial charge in [0.25, 0.3) is 5.91 Å². The maximum Gasteiger partial charge on any atom is 0.407 e. The Morgan fingerprint density at radius 3 is 2.04 bits per heavy atom. The molecule has 0 saturated carbocycles. The number of rotatable bonds is 9. The van der Waals surface area contributed by atoms with Crippen molar-refractivity contribution in [2.45, 2.75) is 39.3 Å². The fourth-order valence-electron chi connectivity index (χ4n) is 6.47. The molecule has 0 radical (unpaired) electrons. The molecule has 240 valence electrons. The maximum absolute atomic E-state index is 15.1. The van der Waals surface area contributed by atoms with Gasteiger partial charge in [-0.3, -0.25) is 9.59 Å². The van der Waals surface area contributed by atoms with E-state index >= 15 is 4.79 Å². The average Bonchev–Trinajstić information content (AvgIpc) is 3.43. The number of carbonyl (C=O) groups excluding carboxylic acids is 2. The third-order valence-corrected chi connectivity index (χ3v) is 8.42. The van der Waals surface area contributed by atoms with Crippen LogP contribution in [0.15, 0.2) is 91.0 Å². The number of benzene rings is 3. The molecule has 3 amide bonds. The van der Waals surface area contributed by atoms with E-state index in [1.807, 2.05) is 91.0 Å². The second kappa shape index (κ2) is 14.0. The van der Waals surface area contributed by atoms with E-state index in [9.17, 15) is 19.8 Å². The summed E-state index contributed by atoms with van der Waals surface area (Å²) in [6, 6.07) is 28.4. The molecule has 46 heavy (non-hydrogen) atoms. The van der Waals surface area contributed by atoms with E-state index in [1.165, 1.54) is 9.58 Å². The molecule has 0 spiro atoms. The van der Waals surface area contributed by atoms with E-state index < -0.39 is 18.0 Å². The highest BCUT2D eigenvalue weighted by Crippen LogP contribution is 2.42. The van der Waals surface area contributed by atoms with Crippen LogP contribution in [0.1, 0.15) is 42.7 Å². The van der Waals surface area contributed by atoms with Gasteiger partial charge in [0.2, 0.25) is 5.91 Å². The van der Waals surface area contributed by atoms with Crippen LogP contribution in [0, 0.1) is 5.41 Å². The summed E-state index contributed by atoms with van der Waals surface area (Å²) >= 11 is 0. The lowest BCUT2D eigenvalue weighted by Gasteiger charge is -2.48. The SMILES string of the molecule is CC(C)(C)C(c1ccccc1)[C@@H]1CN(C(=O)O)CCN1C(=O)c1c(-c2ccccc2)c(-c2ccccc2)nn1CC(=O)NCCO. The Balaban J connectivity index is 1.71. The first-order valence-electron chi connectivity index (χ1n) is 15.5. The molecule has 1 fully saturated rings. The van der Waals surface area contributed by atoms with Gasteiger partial charge in [-0.2, -0.15) is 5.10 Å². The lowest BCUT2D eigenvalue weighted by molar-refractivity contribution is -0.122. The van der Waals surface area contributed by atoms with Crippen molar-refractivity contribution in [2.75, 3.05) is 32.8 Å². The van der Waals surface area contributed by atoms with Crippen molar-refractivity contribution in [3.8, 4) is 22.4 Å². The zero-order valence-corrected chi connectivity index (χ0v) is 26.5. The lowest BCUT2D eigenvalue weighted by atomic mass is 9.71. The second-order valence-corrected chi connectivity index (χ2v) is 12.6. The normalized spacial score (nSPS) is 15.8. The van der Waals surface area contributed by atoms with Crippen molar-refractivity contribution < 1.29 is 24.6 Å². The van der Waals surface area contributed by atoms with Gasteiger partial charge < -0.3 is 25.3 Å². The molecule has 10 nitrogen and oxygen atoms in total. The molecular formula is C36H41N5O5. The van der Waals surface area contributed by atoms with Crippen molar-refractivity contribution in [1.29, 1.82) is 0 Å². The third kappa shape index (κ3) is 6.97. The number of hydrogen-bond acceptors (Lipinski definition) is 5. The summed E-state index contributed by atoms with van der Waals surface area (Å²) < 4.78 is 1.45. The van der Waals surface area contributed by atoms with E-state index in [-0.39, 0.29) is 62.3 Å². The molecule has 10 heteroatoms. The maximum atomic E-state index is 15.1. The van der Waals surface area contributed by atoms with Crippen LogP contribution in [0.25, 0.3) is 22.4 Å². The zero-order valence-electron chi connectivity index (χ0n) is 26.5. The Morgan fingerprint density at radius 1 is 0.891 bits per heavy atom. The van der Waals surface area contributed by atoms with Crippen LogP contribution < -0.4 is 5.32 Å². The highest BCUT2D eigenvalue weighted by atomic mass is 16.4. The average molecular weight is 624 g/mol. The van der Waals surface area contributed by atoms with Gasteiger partial charge in [0.1, 0.15) is 17.9 Å². The molecular weight excluding hydrogens is 582 g/mol. The van der Waals surface area contributed by atoms with Crippen LogP contribution in [0.4, 0.5) is 4.79 Å². The van der Waals surface area contributed by atoms with Crippen LogP contribution in [0.5, 0.6) is 0 Å². The number of hydrogen-bond donors (Lipinski definition) is 3. The fraction of sp³-hybridized carbons (Fsp3) is 0.333. The monoisotopic (exact) mass is 623 g/mol. The minimum absolute atomic E-state index is 0.0734. The summed E-state index contributed by atoms with van der Waals surface area (Å²) in [4.78, 5) is 43.6. The fourth-order valence-corrected chi connectivity index (χ4v) is 6.47. The molecule has 0 bridgehead atoms. The minimum atomic E-state index is -1.03. The molecule has 2 heterocycles. The molecule has 1 unspecified atom stereocenters. The van der Waals surface area contributed by atoms with Gasteiger partial charge in [-0.05, 0) is 16.5 Å². The quantitative estimate of drug-likeness (QED) is 0.242. The molecule has 1 aromatic heterocycles. The predicted octanol–water partition coefficient (Wildman–Crippen LogP) is 4.96. The van der Waals surface area contributed by atoms with E-state index in [0.29, 0.717) is 11.3 Å². The van der Waals surface area contributed by atoms with Crippen molar-refractivity contribution in [3.63, 3.8) is 0 Å². The number of aliphatic hydroxyl groups excluding tert-OH is 1. The number of nitrogens with one attached hydrogen (secondary N) is 1. The van der Waals surface area contributed by atoms with Crippen LogP contribution in [0.2, 0.25) is 0 Å². The highest BCUT2D eigenvalue weighted by Gasteiger charge is 2.44. The minimum Gasteiger partial charge on any atom is -0.465 e. The van der Waals surface area contributed by atoms with Gasteiger partial charge in [0, 0.05) is 43.2 Å². The first kappa shape index (κ1) is 32.4. The summed E-state index contributed by atoms with van der Waals surface area (Å²) in [6.07, 6.45) is -1.03. The number of carboxylic acid groups (broad SMARTS) is 1. The van der Waals surface area contributed by atoms with Crippen LogP contribution in [0.3, 0.4) is 0 Å². The van der Waals surface area contributed by atoms with Gasteiger partial charge in [0.05, 0.1) is 12.6 Å². The molecule has 1 saturated heterocycles.